The molecule has 0 heterocycles. The summed E-state index contributed by atoms with van der Waals surface area (Å²) in [7, 11) is 0. The molecule has 2 N–H and O–H groups in total. The molecule has 0 spiro atoms. The van der Waals surface area contributed by atoms with Crippen molar-refractivity contribution in [3.8, 4) is 0 Å². The van der Waals surface area contributed by atoms with E-state index in [2.05, 4.69) is 12.2 Å². The molecule has 0 bridgehead atoms. The van der Waals surface area contributed by atoms with Gasteiger partial charge in [-0.25, -0.2) is 0 Å². The number of carbonyl (C=O) groups excluding carboxylic acids is 1. The smallest absolute Gasteiger partial charge is 0.325 e. The van der Waals surface area contributed by atoms with Gasteiger partial charge in [-0.05, 0) is 32.1 Å². The first-order valence-corrected chi connectivity index (χ1v) is 7.12. The maximum atomic E-state index is 11.9. The van der Waals surface area contributed by atoms with Crippen LogP contribution in [-0.4, -0.2) is 35.2 Å². The van der Waals surface area contributed by atoms with Gasteiger partial charge in [-0.1, -0.05) is 26.7 Å². The molecule has 1 aliphatic carbocycles. The van der Waals surface area contributed by atoms with Crippen molar-refractivity contribution < 1.29 is 19.4 Å². The monoisotopic (exact) mass is 271 g/mol. The van der Waals surface area contributed by atoms with Gasteiger partial charge in [0.25, 0.3) is 0 Å². The van der Waals surface area contributed by atoms with Crippen LogP contribution in [-0.2, 0) is 14.3 Å². The van der Waals surface area contributed by atoms with Gasteiger partial charge in [0.1, 0.15) is 12.1 Å². The zero-order chi connectivity index (χ0) is 14.4. The van der Waals surface area contributed by atoms with Crippen LogP contribution in [0.2, 0.25) is 0 Å². The van der Waals surface area contributed by atoms with Crippen molar-refractivity contribution in [2.75, 3.05) is 0 Å². The Kier molecular flexibility index (Phi) is 6.28. The van der Waals surface area contributed by atoms with Crippen molar-refractivity contribution in [2.45, 2.75) is 71.1 Å². The molecule has 1 fully saturated rings. The molecule has 5 nitrogen and oxygen atoms in total. The molecule has 5 heteroatoms. The summed E-state index contributed by atoms with van der Waals surface area (Å²) in [5.41, 5.74) is 0. The van der Waals surface area contributed by atoms with E-state index >= 15 is 0 Å². The largest absolute Gasteiger partial charge is 0.480 e. The summed E-state index contributed by atoms with van der Waals surface area (Å²) < 4.78 is 5.85. The predicted octanol–water partition coefficient (Wildman–Crippen LogP) is 1.95. The molecule has 19 heavy (non-hydrogen) atoms. The molecule has 1 amide bonds. The van der Waals surface area contributed by atoms with Crippen molar-refractivity contribution in [1.82, 2.24) is 5.32 Å². The van der Waals surface area contributed by atoms with Crippen LogP contribution in [0, 0.1) is 5.92 Å². The van der Waals surface area contributed by atoms with Gasteiger partial charge in [0.15, 0.2) is 0 Å². The molecule has 1 rings (SSSR count). The quantitative estimate of drug-likeness (QED) is 0.774. The Morgan fingerprint density at radius 2 is 2.11 bits per heavy atom. The minimum absolute atomic E-state index is 0.125. The van der Waals surface area contributed by atoms with Gasteiger partial charge in [0.2, 0.25) is 5.91 Å². The Bertz CT molecular complexity index is 319. The summed E-state index contributed by atoms with van der Waals surface area (Å²) in [6.45, 7) is 5.53. The predicted molar refractivity (Wildman–Crippen MR) is 71.8 cm³/mol. The van der Waals surface area contributed by atoms with Gasteiger partial charge >= 0.3 is 5.97 Å². The summed E-state index contributed by atoms with van der Waals surface area (Å²) in [6, 6.07) is -0.879. The lowest BCUT2D eigenvalue weighted by molar-refractivity contribution is -0.146. The van der Waals surface area contributed by atoms with Crippen molar-refractivity contribution in [1.29, 1.82) is 0 Å². The minimum atomic E-state index is -1.03. The van der Waals surface area contributed by atoms with E-state index in [1.807, 2.05) is 6.92 Å². The second-order valence-electron chi connectivity index (χ2n) is 5.50. The second-order valence-corrected chi connectivity index (χ2v) is 5.50. The van der Waals surface area contributed by atoms with E-state index in [0.717, 1.165) is 19.3 Å². The van der Waals surface area contributed by atoms with Crippen LogP contribution < -0.4 is 5.32 Å². The standard InChI is InChI=1S/C14H25NO4/c1-4-12(13(16)15-10(3)14(17)18)19-11-7-5-6-9(2)8-11/h9-12H,4-8H2,1-3H3,(H,15,16)(H,17,18)/t9?,10-,11?,12?/m0/s1. The van der Waals surface area contributed by atoms with E-state index in [4.69, 9.17) is 9.84 Å². The highest BCUT2D eigenvalue weighted by atomic mass is 16.5. The van der Waals surface area contributed by atoms with E-state index < -0.39 is 18.1 Å². The van der Waals surface area contributed by atoms with E-state index in [1.54, 1.807) is 0 Å². The number of aliphatic carboxylic acids is 1. The lowest BCUT2D eigenvalue weighted by Crippen LogP contribution is -2.45. The zero-order valence-corrected chi connectivity index (χ0v) is 12.0. The number of carboxylic acid groups (broad SMARTS) is 1. The van der Waals surface area contributed by atoms with Gasteiger partial charge in [-0.3, -0.25) is 9.59 Å². The molecule has 0 saturated heterocycles. The summed E-state index contributed by atoms with van der Waals surface area (Å²) >= 11 is 0. The first-order chi connectivity index (χ1) is 8.93. The van der Waals surface area contributed by atoms with Gasteiger partial charge in [0, 0.05) is 0 Å². The van der Waals surface area contributed by atoms with Crippen LogP contribution in [0.3, 0.4) is 0 Å². The van der Waals surface area contributed by atoms with Crippen molar-refractivity contribution >= 4 is 11.9 Å². The third-order valence-electron chi connectivity index (χ3n) is 3.64. The van der Waals surface area contributed by atoms with Crippen molar-refractivity contribution in [3.05, 3.63) is 0 Å². The van der Waals surface area contributed by atoms with E-state index in [-0.39, 0.29) is 12.0 Å². The van der Waals surface area contributed by atoms with Crippen LogP contribution in [0.1, 0.15) is 52.9 Å². The van der Waals surface area contributed by atoms with Crippen LogP contribution in [0.25, 0.3) is 0 Å². The third-order valence-corrected chi connectivity index (χ3v) is 3.64. The Balaban J connectivity index is 2.47. The fraction of sp³-hybridized carbons (Fsp3) is 0.857. The molecule has 3 unspecified atom stereocenters. The SMILES string of the molecule is CCC(OC1CCCC(C)C1)C(=O)N[C@@H](C)C(=O)O. The molecule has 0 radical (unpaired) electrons. The summed E-state index contributed by atoms with van der Waals surface area (Å²) in [5.74, 6) is -0.720. The fourth-order valence-electron chi connectivity index (χ4n) is 2.45. The molecular formula is C14H25NO4. The van der Waals surface area contributed by atoms with E-state index in [1.165, 1.54) is 13.3 Å². The van der Waals surface area contributed by atoms with Crippen molar-refractivity contribution in [2.24, 2.45) is 5.92 Å². The number of ether oxygens (including phenoxy) is 1. The number of nitrogens with one attached hydrogen (secondary N) is 1. The molecule has 0 aromatic rings. The summed E-state index contributed by atoms with van der Waals surface area (Å²) in [5, 5.41) is 11.3. The number of hydrogen-bond acceptors (Lipinski definition) is 3. The summed E-state index contributed by atoms with van der Waals surface area (Å²) in [6.07, 6.45) is 4.47. The molecular weight excluding hydrogens is 246 g/mol. The molecule has 0 aromatic heterocycles. The molecule has 110 valence electrons. The second kappa shape index (κ2) is 7.48. The van der Waals surface area contributed by atoms with Gasteiger partial charge in [-0.2, -0.15) is 0 Å². The number of carboxylic acids is 1. The van der Waals surface area contributed by atoms with Gasteiger partial charge < -0.3 is 15.2 Å². The fourth-order valence-corrected chi connectivity index (χ4v) is 2.45. The molecule has 0 aromatic carbocycles. The van der Waals surface area contributed by atoms with Gasteiger partial charge in [-0.15, -0.1) is 0 Å². The number of amides is 1. The maximum absolute atomic E-state index is 11.9. The first kappa shape index (κ1) is 16.0. The normalized spacial score (nSPS) is 26.5. The van der Waals surface area contributed by atoms with Crippen molar-refractivity contribution in [3.63, 3.8) is 0 Å². The summed E-state index contributed by atoms with van der Waals surface area (Å²) in [4.78, 5) is 22.7. The van der Waals surface area contributed by atoms with Crippen LogP contribution in [0.15, 0.2) is 0 Å². The molecule has 1 saturated carbocycles. The topological polar surface area (TPSA) is 75.6 Å². The lowest BCUT2D eigenvalue weighted by atomic mass is 9.88. The van der Waals surface area contributed by atoms with E-state index in [0.29, 0.717) is 12.3 Å². The third kappa shape index (κ3) is 5.19. The highest BCUT2D eigenvalue weighted by Gasteiger charge is 2.27. The Morgan fingerprint density at radius 3 is 2.63 bits per heavy atom. The van der Waals surface area contributed by atoms with E-state index in [9.17, 15) is 9.59 Å². The average Bonchev–Trinajstić information content (AvgIpc) is 2.35. The average molecular weight is 271 g/mol. The Morgan fingerprint density at radius 1 is 1.42 bits per heavy atom. The van der Waals surface area contributed by atoms with Crippen LogP contribution in [0.5, 0.6) is 0 Å². The molecule has 1 aliphatic rings. The Labute approximate surface area is 114 Å². The minimum Gasteiger partial charge on any atom is -0.480 e. The lowest BCUT2D eigenvalue weighted by Gasteiger charge is -2.30. The molecule has 4 atom stereocenters. The highest BCUT2D eigenvalue weighted by Crippen LogP contribution is 2.26. The van der Waals surface area contributed by atoms with Gasteiger partial charge in [0.05, 0.1) is 6.10 Å². The molecule has 0 aliphatic heterocycles. The first-order valence-electron chi connectivity index (χ1n) is 7.12. The number of carbonyl (C=O) groups is 2. The van der Waals surface area contributed by atoms with Crippen LogP contribution >= 0.6 is 0 Å². The highest BCUT2D eigenvalue weighted by molar-refractivity contribution is 5.86. The maximum Gasteiger partial charge on any atom is 0.325 e. The number of rotatable bonds is 6. The Hall–Kier alpha value is -1.10. The zero-order valence-electron chi connectivity index (χ0n) is 12.0. The number of hydrogen-bond donors (Lipinski definition) is 2. The van der Waals surface area contributed by atoms with Crippen LogP contribution in [0.4, 0.5) is 0 Å².